The number of benzene rings is 1. The number of likely N-dealkylation sites (tertiary alicyclic amines) is 1. The lowest BCUT2D eigenvalue weighted by atomic mass is 10.1. The molecule has 26 heavy (non-hydrogen) atoms. The average Bonchev–Trinajstić information content (AvgIpc) is 3.39. The Morgan fingerprint density at radius 3 is 2.73 bits per heavy atom. The average molecular weight is 369 g/mol. The summed E-state index contributed by atoms with van der Waals surface area (Å²) in [5, 5.41) is 0. The van der Waals surface area contributed by atoms with Gasteiger partial charge in [0.15, 0.2) is 0 Å². The lowest BCUT2D eigenvalue weighted by Crippen LogP contribution is -2.39. The van der Waals surface area contributed by atoms with E-state index in [2.05, 4.69) is 11.1 Å². The Morgan fingerprint density at radius 2 is 2.00 bits per heavy atom. The van der Waals surface area contributed by atoms with Crippen LogP contribution in [0.4, 0.5) is 0 Å². The summed E-state index contributed by atoms with van der Waals surface area (Å²) in [6, 6.07) is 7.95. The normalized spacial score (nSPS) is 20.1. The number of rotatable bonds is 5. The van der Waals surface area contributed by atoms with Gasteiger partial charge in [0.1, 0.15) is 12.4 Å². The lowest BCUT2D eigenvalue weighted by molar-refractivity contribution is -0.134. The number of hydrogen-bond acceptors (Lipinski definition) is 4. The van der Waals surface area contributed by atoms with Gasteiger partial charge in [-0.3, -0.25) is 4.79 Å². The molecule has 0 bridgehead atoms. The fourth-order valence-corrected chi connectivity index (χ4v) is 4.41. The third-order valence-corrected chi connectivity index (χ3v) is 5.99. The smallest absolute Gasteiger partial charge is 0.230 e. The van der Waals surface area contributed by atoms with Crippen LogP contribution in [0.2, 0.25) is 0 Å². The fraction of sp³-hybridized carbons (Fsp3) is 0.400. The van der Waals surface area contributed by atoms with Crippen LogP contribution in [0.5, 0.6) is 5.75 Å². The van der Waals surface area contributed by atoms with E-state index in [0.29, 0.717) is 6.61 Å². The van der Waals surface area contributed by atoms with E-state index in [1.165, 1.54) is 6.42 Å². The van der Waals surface area contributed by atoms with E-state index >= 15 is 0 Å². The van der Waals surface area contributed by atoms with Crippen LogP contribution < -0.4 is 4.74 Å². The monoisotopic (exact) mass is 369 g/mol. The largest absolute Gasteiger partial charge is 0.488 e. The number of nitrogens with zero attached hydrogens (tertiary/aromatic N) is 3. The predicted molar refractivity (Wildman–Crippen MR) is 104 cm³/mol. The molecular weight excluding hydrogens is 346 g/mol. The molecule has 2 aromatic rings. The number of aromatic nitrogens is 2. The predicted octanol–water partition coefficient (Wildman–Crippen LogP) is 3.51. The molecule has 2 aliphatic heterocycles. The molecule has 6 heteroatoms. The van der Waals surface area contributed by atoms with Crippen molar-refractivity contribution in [2.75, 3.05) is 25.4 Å². The molecule has 2 aliphatic rings. The van der Waals surface area contributed by atoms with Gasteiger partial charge in [-0.2, -0.15) is 0 Å². The molecule has 3 heterocycles. The molecule has 4 rings (SSSR count). The van der Waals surface area contributed by atoms with Gasteiger partial charge in [0.2, 0.25) is 5.91 Å². The molecule has 0 saturated carbocycles. The number of carbonyl (C=O) groups excluding carboxylic acids is 1. The quantitative estimate of drug-likeness (QED) is 0.809. The molecule has 1 aromatic heterocycles. The van der Waals surface area contributed by atoms with Crippen LogP contribution in [0, 0.1) is 5.92 Å². The molecule has 0 spiro atoms. The third-order valence-electron chi connectivity index (χ3n) is 4.84. The summed E-state index contributed by atoms with van der Waals surface area (Å²) >= 11 is 1.74. The van der Waals surface area contributed by atoms with Crippen molar-refractivity contribution in [3.63, 3.8) is 0 Å². The minimum absolute atomic E-state index is 0.0142. The van der Waals surface area contributed by atoms with Crippen LogP contribution >= 0.6 is 11.8 Å². The third kappa shape index (κ3) is 3.96. The molecule has 1 fully saturated rings. The Bertz CT molecular complexity index is 765. The number of hydrogen-bond donors (Lipinski definition) is 0. The summed E-state index contributed by atoms with van der Waals surface area (Å²) in [5.74, 6) is 1.98. The Hall–Kier alpha value is -2.21. The minimum atomic E-state index is 0.0142. The number of amides is 1. The first kappa shape index (κ1) is 17.2. The molecule has 1 saturated heterocycles. The highest BCUT2D eigenvalue weighted by molar-refractivity contribution is 8.03. The molecular formula is C20H23N3O2S. The van der Waals surface area contributed by atoms with E-state index < -0.39 is 0 Å². The zero-order chi connectivity index (χ0) is 17.8. The van der Waals surface area contributed by atoms with Crippen molar-refractivity contribution in [2.45, 2.75) is 19.3 Å². The molecule has 5 nitrogen and oxygen atoms in total. The molecule has 1 aromatic carbocycles. The van der Waals surface area contributed by atoms with Crippen molar-refractivity contribution in [3.05, 3.63) is 54.0 Å². The van der Waals surface area contributed by atoms with Gasteiger partial charge < -0.3 is 14.2 Å². The summed E-state index contributed by atoms with van der Waals surface area (Å²) in [6.07, 6.45) is 11.1. The molecule has 0 N–H and O–H groups in total. The van der Waals surface area contributed by atoms with Crippen LogP contribution in [-0.4, -0.2) is 45.8 Å². The first-order chi connectivity index (χ1) is 12.8. The first-order valence-corrected chi connectivity index (χ1v) is 10.1. The van der Waals surface area contributed by atoms with Crippen LogP contribution in [0.25, 0.3) is 5.69 Å². The Balaban J connectivity index is 1.31. The van der Waals surface area contributed by atoms with Crippen molar-refractivity contribution in [2.24, 2.45) is 5.92 Å². The molecule has 1 unspecified atom stereocenters. The first-order valence-electron chi connectivity index (χ1n) is 9.13. The van der Waals surface area contributed by atoms with Crippen LogP contribution in [0.3, 0.4) is 0 Å². The van der Waals surface area contributed by atoms with Crippen molar-refractivity contribution in [1.82, 2.24) is 14.5 Å². The lowest BCUT2D eigenvalue weighted by Gasteiger charge is -2.28. The summed E-state index contributed by atoms with van der Waals surface area (Å²) in [4.78, 5) is 19.8. The fourth-order valence-electron chi connectivity index (χ4n) is 3.38. The number of imidazole rings is 1. The second-order valence-corrected chi connectivity index (χ2v) is 7.84. The van der Waals surface area contributed by atoms with E-state index in [0.717, 1.165) is 48.0 Å². The number of piperidine rings is 1. The summed E-state index contributed by atoms with van der Waals surface area (Å²) in [7, 11) is 0. The van der Waals surface area contributed by atoms with Crippen LogP contribution in [0.1, 0.15) is 19.3 Å². The Morgan fingerprint density at radius 1 is 1.19 bits per heavy atom. The molecule has 0 radical (unpaired) electrons. The maximum atomic E-state index is 12.6. The molecule has 1 amide bonds. The zero-order valence-corrected chi connectivity index (χ0v) is 15.5. The van der Waals surface area contributed by atoms with E-state index in [-0.39, 0.29) is 11.8 Å². The van der Waals surface area contributed by atoms with E-state index in [1.54, 1.807) is 24.3 Å². The van der Waals surface area contributed by atoms with Crippen molar-refractivity contribution >= 4 is 17.7 Å². The highest BCUT2D eigenvalue weighted by Gasteiger charge is 2.28. The maximum Gasteiger partial charge on any atom is 0.230 e. The topological polar surface area (TPSA) is 47.4 Å². The van der Waals surface area contributed by atoms with E-state index in [9.17, 15) is 4.79 Å². The highest BCUT2D eigenvalue weighted by atomic mass is 32.2. The molecule has 0 aliphatic carbocycles. The Kier molecular flexibility index (Phi) is 5.29. The van der Waals surface area contributed by atoms with Crippen molar-refractivity contribution < 1.29 is 9.53 Å². The van der Waals surface area contributed by atoms with Gasteiger partial charge in [0, 0.05) is 41.8 Å². The maximum absolute atomic E-state index is 12.6. The Labute approximate surface area is 158 Å². The number of carbonyl (C=O) groups is 1. The highest BCUT2D eigenvalue weighted by Crippen LogP contribution is 2.31. The summed E-state index contributed by atoms with van der Waals surface area (Å²) in [6.45, 7) is 2.37. The molecule has 1 atom stereocenters. The van der Waals surface area contributed by atoms with E-state index in [1.807, 2.05) is 39.9 Å². The van der Waals surface area contributed by atoms with E-state index in [4.69, 9.17) is 4.74 Å². The standard InChI is InChI=1S/C20H23N3O2S/c24-20(22-9-2-1-3-10-22)16-12-19(26-14-16)13-25-18-6-4-17(5-7-18)23-11-8-21-15-23/h4-8,11-12,15-16H,1-3,9-10,13-14H2. The van der Waals surface area contributed by atoms with Gasteiger partial charge in [-0.05, 0) is 43.5 Å². The van der Waals surface area contributed by atoms with Gasteiger partial charge in [-0.15, -0.1) is 11.8 Å². The van der Waals surface area contributed by atoms with Gasteiger partial charge in [0.05, 0.1) is 12.2 Å². The second kappa shape index (κ2) is 7.99. The van der Waals surface area contributed by atoms with Crippen molar-refractivity contribution in [1.29, 1.82) is 0 Å². The summed E-state index contributed by atoms with van der Waals surface area (Å²) in [5.41, 5.74) is 1.05. The number of ether oxygens (including phenoxy) is 1. The van der Waals surface area contributed by atoms with Gasteiger partial charge in [-0.1, -0.05) is 6.08 Å². The van der Waals surface area contributed by atoms with Gasteiger partial charge in [0.25, 0.3) is 0 Å². The van der Waals surface area contributed by atoms with Crippen LogP contribution in [-0.2, 0) is 4.79 Å². The summed E-state index contributed by atoms with van der Waals surface area (Å²) < 4.78 is 7.85. The van der Waals surface area contributed by atoms with Crippen molar-refractivity contribution in [3.8, 4) is 11.4 Å². The van der Waals surface area contributed by atoms with Gasteiger partial charge >= 0.3 is 0 Å². The number of thioether (sulfide) groups is 1. The SMILES string of the molecule is O=C(C1C=C(COc2ccc(-n3ccnc3)cc2)SC1)N1CCCCC1. The van der Waals surface area contributed by atoms with Gasteiger partial charge in [-0.25, -0.2) is 4.98 Å². The van der Waals surface area contributed by atoms with Crippen LogP contribution in [0.15, 0.2) is 54.0 Å². The minimum Gasteiger partial charge on any atom is -0.488 e. The molecule has 136 valence electrons. The second-order valence-electron chi connectivity index (χ2n) is 6.69. The zero-order valence-electron chi connectivity index (χ0n) is 14.7.